The van der Waals surface area contributed by atoms with Crippen molar-refractivity contribution in [3.05, 3.63) is 23.8 Å². The second-order valence-electron chi connectivity index (χ2n) is 4.41. The molecule has 2 N–H and O–H groups in total. The Hall–Kier alpha value is -1.22. The van der Waals surface area contributed by atoms with Gasteiger partial charge in [0.15, 0.2) is 0 Å². The number of hydrogen-bond donors (Lipinski definition) is 1. The summed E-state index contributed by atoms with van der Waals surface area (Å²) in [5, 5.41) is 0. The number of hydrogen-bond acceptors (Lipinski definition) is 3. The molecule has 3 heteroatoms. The average molecular weight is 220 g/mol. The zero-order chi connectivity index (χ0) is 11.5. The van der Waals surface area contributed by atoms with Gasteiger partial charge in [0.25, 0.3) is 0 Å². The van der Waals surface area contributed by atoms with E-state index in [2.05, 4.69) is 30.9 Å². The Bertz CT molecular complexity index is 365. The molecular weight excluding hydrogens is 200 g/mol. The van der Waals surface area contributed by atoms with E-state index >= 15 is 0 Å². The van der Waals surface area contributed by atoms with Crippen LogP contribution < -0.4 is 10.6 Å². The summed E-state index contributed by atoms with van der Waals surface area (Å²) in [7, 11) is 0. The number of anilines is 2. The van der Waals surface area contributed by atoms with Crippen molar-refractivity contribution in [3.8, 4) is 0 Å². The quantitative estimate of drug-likeness (QED) is 0.776. The molecule has 0 bridgehead atoms. The van der Waals surface area contributed by atoms with E-state index in [0.717, 1.165) is 37.5 Å². The van der Waals surface area contributed by atoms with Gasteiger partial charge >= 0.3 is 0 Å². The smallest absolute Gasteiger partial charge is 0.0748 e. The van der Waals surface area contributed by atoms with Crippen LogP contribution in [0.2, 0.25) is 0 Å². The third-order valence-corrected chi connectivity index (χ3v) is 3.12. The van der Waals surface area contributed by atoms with E-state index in [1.807, 2.05) is 6.07 Å². The Labute approximate surface area is 97.2 Å². The summed E-state index contributed by atoms with van der Waals surface area (Å²) >= 11 is 0. The molecule has 1 heterocycles. The molecule has 0 saturated carbocycles. The van der Waals surface area contributed by atoms with Gasteiger partial charge in [0, 0.05) is 13.1 Å². The van der Waals surface area contributed by atoms with Crippen LogP contribution in [-0.4, -0.2) is 25.8 Å². The fourth-order valence-corrected chi connectivity index (χ4v) is 2.15. The number of rotatable bonds is 2. The summed E-state index contributed by atoms with van der Waals surface area (Å²) < 4.78 is 5.66. The molecule has 1 fully saturated rings. The maximum atomic E-state index is 6.06. The fraction of sp³-hybridized carbons (Fsp3) is 0.538. The van der Waals surface area contributed by atoms with E-state index in [-0.39, 0.29) is 0 Å². The first-order chi connectivity index (χ1) is 7.70. The van der Waals surface area contributed by atoms with Crippen molar-refractivity contribution in [2.45, 2.75) is 26.4 Å². The molecule has 0 amide bonds. The number of nitrogens with two attached hydrogens (primary N) is 1. The molecule has 2 rings (SSSR count). The third kappa shape index (κ3) is 2.30. The molecule has 1 aromatic carbocycles. The summed E-state index contributed by atoms with van der Waals surface area (Å²) in [5.41, 5.74) is 9.28. The van der Waals surface area contributed by atoms with Crippen molar-refractivity contribution in [1.29, 1.82) is 0 Å². The van der Waals surface area contributed by atoms with Crippen LogP contribution in [0.4, 0.5) is 11.4 Å². The molecule has 0 radical (unpaired) electrons. The van der Waals surface area contributed by atoms with Gasteiger partial charge < -0.3 is 15.4 Å². The highest BCUT2D eigenvalue weighted by Crippen LogP contribution is 2.26. The van der Waals surface area contributed by atoms with Gasteiger partial charge in [0.1, 0.15) is 0 Å². The number of benzene rings is 1. The standard InChI is InChI=1S/C13H20N2O/c1-3-11-9-15(6-7-16-11)13-5-4-10(2)8-12(13)14/h4-5,8,11H,3,6-7,9,14H2,1-2H3. The second-order valence-corrected chi connectivity index (χ2v) is 4.41. The lowest BCUT2D eigenvalue weighted by molar-refractivity contribution is 0.0385. The van der Waals surface area contributed by atoms with Crippen LogP contribution in [0.1, 0.15) is 18.9 Å². The number of nitrogens with zero attached hydrogens (tertiary/aromatic N) is 1. The maximum absolute atomic E-state index is 6.06. The van der Waals surface area contributed by atoms with Crippen molar-refractivity contribution in [2.24, 2.45) is 0 Å². The van der Waals surface area contributed by atoms with Gasteiger partial charge in [-0.05, 0) is 31.0 Å². The van der Waals surface area contributed by atoms with E-state index < -0.39 is 0 Å². The lowest BCUT2D eigenvalue weighted by Crippen LogP contribution is -2.42. The van der Waals surface area contributed by atoms with Gasteiger partial charge in [-0.3, -0.25) is 0 Å². The molecule has 88 valence electrons. The van der Waals surface area contributed by atoms with E-state index in [1.165, 1.54) is 5.56 Å². The summed E-state index contributed by atoms with van der Waals surface area (Å²) in [5.74, 6) is 0. The lowest BCUT2D eigenvalue weighted by Gasteiger charge is -2.34. The summed E-state index contributed by atoms with van der Waals surface area (Å²) in [6, 6.07) is 6.26. The Balaban J connectivity index is 2.16. The molecule has 0 aromatic heterocycles. The van der Waals surface area contributed by atoms with Crippen molar-refractivity contribution in [2.75, 3.05) is 30.3 Å². The molecule has 1 aliphatic rings. The van der Waals surface area contributed by atoms with Crippen LogP contribution in [-0.2, 0) is 4.74 Å². The predicted molar refractivity (Wildman–Crippen MR) is 67.8 cm³/mol. The summed E-state index contributed by atoms with van der Waals surface area (Å²) in [4.78, 5) is 2.33. The Morgan fingerprint density at radius 3 is 3.00 bits per heavy atom. The molecule has 1 unspecified atom stereocenters. The first kappa shape index (κ1) is 11.3. The Morgan fingerprint density at radius 1 is 1.50 bits per heavy atom. The molecule has 1 atom stereocenters. The normalized spacial score (nSPS) is 21.1. The highest BCUT2D eigenvalue weighted by molar-refractivity contribution is 5.68. The number of nitrogen functional groups attached to an aromatic ring is 1. The molecule has 0 aliphatic carbocycles. The molecule has 0 spiro atoms. The zero-order valence-electron chi connectivity index (χ0n) is 10.1. The first-order valence-corrected chi connectivity index (χ1v) is 5.93. The van der Waals surface area contributed by atoms with Crippen molar-refractivity contribution in [3.63, 3.8) is 0 Å². The molecule has 1 aromatic rings. The van der Waals surface area contributed by atoms with Gasteiger partial charge in [-0.2, -0.15) is 0 Å². The van der Waals surface area contributed by atoms with Crippen LogP contribution in [0.5, 0.6) is 0 Å². The monoisotopic (exact) mass is 220 g/mol. The SMILES string of the molecule is CCC1CN(c2ccc(C)cc2N)CCO1. The molecule has 1 saturated heterocycles. The van der Waals surface area contributed by atoms with Crippen LogP contribution in [0.25, 0.3) is 0 Å². The summed E-state index contributed by atoms with van der Waals surface area (Å²) in [6.45, 7) is 6.90. The summed E-state index contributed by atoms with van der Waals surface area (Å²) in [6.07, 6.45) is 1.40. The second kappa shape index (κ2) is 4.74. The van der Waals surface area contributed by atoms with Gasteiger partial charge in [-0.15, -0.1) is 0 Å². The Morgan fingerprint density at radius 2 is 2.31 bits per heavy atom. The number of aryl methyl sites for hydroxylation is 1. The highest BCUT2D eigenvalue weighted by Gasteiger charge is 2.20. The highest BCUT2D eigenvalue weighted by atomic mass is 16.5. The van der Waals surface area contributed by atoms with Crippen molar-refractivity contribution >= 4 is 11.4 Å². The molecule has 16 heavy (non-hydrogen) atoms. The minimum absolute atomic E-state index is 0.342. The predicted octanol–water partition coefficient (Wildman–Crippen LogP) is 2.19. The van der Waals surface area contributed by atoms with Gasteiger partial charge in [-0.25, -0.2) is 0 Å². The minimum Gasteiger partial charge on any atom is -0.397 e. The van der Waals surface area contributed by atoms with Crippen LogP contribution in [0.3, 0.4) is 0 Å². The van der Waals surface area contributed by atoms with Crippen LogP contribution >= 0.6 is 0 Å². The van der Waals surface area contributed by atoms with Crippen LogP contribution in [0.15, 0.2) is 18.2 Å². The number of morpholine rings is 1. The molecule has 1 aliphatic heterocycles. The van der Waals surface area contributed by atoms with Gasteiger partial charge in [0.05, 0.1) is 24.1 Å². The van der Waals surface area contributed by atoms with Gasteiger partial charge in [0.2, 0.25) is 0 Å². The largest absolute Gasteiger partial charge is 0.397 e. The Kier molecular flexibility index (Phi) is 3.34. The van der Waals surface area contributed by atoms with Crippen LogP contribution in [0, 0.1) is 6.92 Å². The van der Waals surface area contributed by atoms with E-state index in [4.69, 9.17) is 10.5 Å². The number of ether oxygens (including phenoxy) is 1. The molecule has 3 nitrogen and oxygen atoms in total. The maximum Gasteiger partial charge on any atom is 0.0748 e. The first-order valence-electron chi connectivity index (χ1n) is 5.93. The third-order valence-electron chi connectivity index (χ3n) is 3.12. The van der Waals surface area contributed by atoms with Crippen molar-refractivity contribution < 1.29 is 4.74 Å². The van der Waals surface area contributed by atoms with Gasteiger partial charge in [-0.1, -0.05) is 13.0 Å². The van der Waals surface area contributed by atoms with E-state index in [1.54, 1.807) is 0 Å². The zero-order valence-corrected chi connectivity index (χ0v) is 10.1. The van der Waals surface area contributed by atoms with E-state index in [0.29, 0.717) is 6.10 Å². The minimum atomic E-state index is 0.342. The molecular formula is C13H20N2O. The lowest BCUT2D eigenvalue weighted by atomic mass is 10.1. The van der Waals surface area contributed by atoms with E-state index in [9.17, 15) is 0 Å². The average Bonchev–Trinajstić information content (AvgIpc) is 2.29. The van der Waals surface area contributed by atoms with Crippen molar-refractivity contribution in [1.82, 2.24) is 0 Å². The topological polar surface area (TPSA) is 38.5 Å². The fourth-order valence-electron chi connectivity index (χ4n) is 2.15.